The molecule has 0 aromatic carbocycles. The molecule has 2 aliphatic carbocycles. The number of carbonyl (C=O) groups excluding carboxylic acids is 1. The van der Waals surface area contributed by atoms with Gasteiger partial charge in [-0.3, -0.25) is 4.79 Å². The van der Waals surface area contributed by atoms with E-state index >= 15 is 0 Å². The summed E-state index contributed by atoms with van der Waals surface area (Å²) < 4.78 is 0. The van der Waals surface area contributed by atoms with Gasteiger partial charge < -0.3 is 0 Å². The first-order valence-electron chi connectivity index (χ1n) is 7.02. The van der Waals surface area contributed by atoms with Crippen LogP contribution in [0.15, 0.2) is 11.1 Å². The summed E-state index contributed by atoms with van der Waals surface area (Å²) in [4.78, 5) is 12.0. The average molecular weight is 234 g/mol. The predicted molar refractivity (Wildman–Crippen MR) is 71.8 cm³/mol. The third-order valence-corrected chi connectivity index (χ3v) is 5.53. The molecule has 17 heavy (non-hydrogen) atoms. The summed E-state index contributed by atoms with van der Waals surface area (Å²) in [7, 11) is 0. The summed E-state index contributed by atoms with van der Waals surface area (Å²) in [6.45, 7) is 11.0. The van der Waals surface area contributed by atoms with Crippen LogP contribution in [0.2, 0.25) is 0 Å². The van der Waals surface area contributed by atoms with E-state index in [-0.39, 0.29) is 5.41 Å². The molecule has 0 amide bonds. The fraction of sp³-hybridized carbons (Fsp3) is 0.812. The molecule has 0 saturated heterocycles. The van der Waals surface area contributed by atoms with Gasteiger partial charge in [0.1, 0.15) is 5.78 Å². The van der Waals surface area contributed by atoms with Crippen LogP contribution in [-0.2, 0) is 4.79 Å². The van der Waals surface area contributed by atoms with Gasteiger partial charge in [0, 0.05) is 5.41 Å². The monoisotopic (exact) mass is 234 g/mol. The van der Waals surface area contributed by atoms with E-state index in [1.54, 1.807) is 18.1 Å². The highest BCUT2D eigenvalue weighted by molar-refractivity contribution is 5.83. The highest BCUT2D eigenvalue weighted by Crippen LogP contribution is 2.54. The molecule has 2 rings (SSSR count). The van der Waals surface area contributed by atoms with Crippen LogP contribution in [-0.4, -0.2) is 5.78 Å². The number of ketones is 1. The Labute approximate surface area is 106 Å². The molecule has 0 unspecified atom stereocenters. The van der Waals surface area contributed by atoms with Gasteiger partial charge in [0.2, 0.25) is 0 Å². The van der Waals surface area contributed by atoms with Crippen molar-refractivity contribution >= 4 is 5.78 Å². The van der Waals surface area contributed by atoms with Crippen LogP contribution in [0.1, 0.15) is 66.7 Å². The van der Waals surface area contributed by atoms with Gasteiger partial charge in [-0.2, -0.15) is 0 Å². The summed E-state index contributed by atoms with van der Waals surface area (Å²) in [5.74, 6) is 0.803. The van der Waals surface area contributed by atoms with Gasteiger partial charge in [-0.1, -0.05) is 38.8 Å². The fourth-order valence-corrected chi connectivity index (χ4v) is 4.07. The van der Waals surface area contributed by atoms with Crippen molar-refractivity contribution in [3.05, 3.63) is 11.1 Å². The van der Waals surface area contributed by atoms with E-state index in [0.29, 0.717) is 17.1 Å². The predicted octanol–water partition coefficient (Wildman–Crippen LogP) is 4.52. The molecule has 1 heteroatoms. The van der Waals surface area contributed by atoms with Crippen molar-refractivity contribution in [3.63, 3.8) is 0 Å². The van der Waals surface area contributed by atoms with Crippen LogP contribution in [0.25, 0.3) is 0 Å². The summed E-state index contributed by atoms with van der Waals surface area (Å²) in [6, 6.07) is 0. The maximum absolute atomic E-state index is 12.0. The molecule has 0 saturated carbocycles. The van der Waals surface area contributed by atoms with Crippen LogP contribution in [0.4, 0.5) is 0 Å². The molecule has 0 radical (unpaired) electrons. The zero-order chi connectivity index (χ0) is 12.8. The largest absolute Gasteiger partial charge is 0.299 e. The third-order valence-electron chi connectivity index (χ3n) is 5.53. The number of Topliss-reactive ketones (excluding diaryl/α,β-unsaturated/α-hetero) is 1. The smallest absolute Gasteiger partial charge is 0.136 e. The van der Waals surface area contributed by atoms with E-state index in [9.17, 15) is 4.79 Å². The number of carbonyl (C=O) groups is 1. The second kappa shape index (κ2) is 3.96. The molecule has 0 spiro atoms. The van der Waals surface area contributed by atoms with Gasteiger partial charge >= 0.3 is 0 Å². The van der Waals surface area contributed by atoms with Crippen LogP contribution < -0.4 is 0 Å². The standard InChI is InChI=1S/C16H26O/c1-11-14-13(7-6-9-15(14,3)4)8-10-16(11,5)12(2)17/h11H,6-10H2,1-5H3/t11-,16+/m0/s1. The molecule has 0 heterocycles. The second-order valence-electron chi connectivity index (χ2n) is 6.95. The number of hydrogen-bond donors (Lipinski definition) is 0. The molecule has 2 aliphatic rings. The van der Waals surface area contributed by atoms with Crippen LogP contribution in [0.3, 0.4) is 0 Å². The van der Waals surface area contributed by atoms with Crippen molar-refractivity contribution < 1.29 is 4.79 Å². The molecule has 0 bridgehead atoms. The van der Waals surface area contributed by atoms with E-state index in [1.807, 2.05) is 0 Å². The topological polar surface area (TPSA) is 17.1 Å². The van der Waals surface area contributed by atoms with Crippen molar-refractivity contribution in [1.29, 1.82) is 0 Å². The molecular weight excluding hydrogens is 208 g/mol. The van der Waals surface area contributed by atoms with E-state index in [0.717, 1.165) is 12.8 Å². The second-order valence-corrected chi connectivity index (χ2v) is 6.95. The minimum absolute atomic E-state index is 0.118. The highest BCUT2D eigenvalue weighted by Gasteiger charge is 2.46. The number of allylic oxidation sites excluding steroid dienone is 2. The SMILES string of the molecule is CC(=O)[C@]1(C)CCC2=C([C@@H]1C)C(C)(C)CCC2. The normalized spacial score (nSPS) is 36.6. The summed E-state index contributed by atoms with van der Waals surface area (Å²) in [5.41, 5.74) is 3.48. The lowest BCUT2D eigenvalue weighted by Gasteiger charge is -2.48. The Morgan fingerprint density at radius 1 is 1.18 bits per heavy atom. The zero-order valence-electron chi connectivity index (χ0n) is 12.0. The highest BCUT2D eigenvalue weighted by atomic mass is 16.1. The first kappa shape index (κ1) is 12.9. The van der Waals surface area contributed by atoms with Crippen molar-refractivity contribution in [3.8, 4) is 0 Å². The molecule has 2 atom stereocenters. The molecule has 0 aromatic rings. The van der Waals surface area contributed by atoms with Gasteiger partial charge in [0.05, 0.1) is 0 Å². The van der Waals surface area contributed by atoms with Gasteiger partial charge in [-0.25, -0.2) is 0 Å². The molecule has 96 valence electrons. The maximum atomic E-state index is 12.0. The summed E-state index contributed by atoms with van der Waals surface area (Å²) in [5, 5.41) is 0. The fourth-order valence-electron chi connectivity index (χ4n) is 4.07. The lowest BCUT2D eigenvalue weighted by Crippen LogP contribution is -2.42. The summed E-state index contributed by atoms with van der Waals surface area (Å²) >= 11 is 0. The Kier molecular flexibility index (Phi) is 3.00. The van der Waals surface area contributed by atoms with Crippen LogP contribution in [0.5, 0.6) is 0 Å². The lowest BCUT2D eigenvalue weighted by molar-refractivity contribution is -0.128. The first-order valence-corrected chi connectivity index (χ1v) is 7.02. The number of rotatable bonds is 1. The van der Waals surface area contributed by atoms with Crippen molar-refractivity contribution in [2.24, 2.45) is 16.7 Å². The molecular formula is C16H26O. The van der Waals surface area contributed by atoms with Gasteiger partial charge in [-0.05, 0) is 50.4 Å². The number of hydrogen-bond acceptors (Lipinski definition) is 1. The molecule has 0 aromatic heterocycles. The molecule has 1 nitrogen and oxygen atoms in total. The Morgan fingerprint density at radius 2 is 1.82 bits per heavy atom. The van der Waals surface area contributed by atoms with Gasteiger partial charge in [0.15, 0.2) is 0 Å². The van der Waals surface area contributed by atoms with E-state index < -0.39 is 0 Å². The van der Waals surface area contributed by atoms with Crippen molar-refractivity contribution in [1.82, 2.24) is 0 Å². The minimum atomic E-state index is -0.118. The minimum Gasteiger partial charge on any atom is -0.299 e. The van der Waals surface area contributed by atoms with Crippen LogP contribution >= 0.6 is 0 Å². The molecule has 0 fully saturated rings. The molecule has 0 N–H and O–H groups in total. The van der Waals surface area contributed by atoms with E-state index in [2.05, 4.69) is 27.7 Å². The quantitative estimate of drug-likeness (QED) is 0.610. The lowest BCUT2D eigenvalue weighted by atomic mass is 9.55. The Balaban J connectivity index is 2.45. The van der Waals surface area contributed by atoms with Crippen LogP contribution in [0, 0.1) is 16.7 Å². The van der Waals surface area contributed by atoms with E-state index in [1.165, 1.54) is 19.3 Å². The average Bonchev–Trinajstić information content (AvgIpc) is 2.22. The maximum Gasteiger partial charge on any atom is 0.136 e. The Hall–Kier alpha value is -0.590. The summed E-state index contributed by atoms with van der Waals surface area (Å²) in [6.07, 6.45) is 6.09. The Morgan fingerprint density at radius 3 is 2.41 bits per heavy atom. The van der Waals surface area contributed by atoms with Crippen molar-refractivity contribution in [2.45, 2.75) is 66.7 Å². The molecule has 0 aliphatic heterocycles. The first-order chi connectivity index (χ1) is 7.79. The van der Waals surface area contributed by atoms with Gasteiger partial charge in [0.25, 0.3) is 0 Å². The van der Waals surface area contributed by atoms with Crippen molar-refractivity contribution in [2.75, 3.05) is 0 Å². The van der Waals surface area contributed by atoms with Gasteiger partial charge in [-0.15, -0.1) is 0 Å². The third kappa shape index (κ3) is 1.88. The van der Waals surface area contributed by atoms with E-state index in [4.69, 9.17) is 0 Å². The Bertz CT molecular complexity index is 375. The zero-order valence-corrected chi connectivity index (χ0v) is 12.0.